The van der Waals surface area contributed by atoms with Gasteiger partial charge >= 0.3 is 0 Å². The van der Waals surface area contributed by atoms with E-state index in [4.69, 9.17) is 0 Å². The predicted octanol–water partition coefficient (Wildman–Crippen LogP) is 3.66. The number of hydrogen-bond donors (Lipinski definition) is 1. The molecule has 0 bridgehead atoms. The zero-order valence-corrected chi connectivity index (χ0v) is 12.2. The van der Waals surface area contributed by atoms with E-state index in [0.29, 0.717) is 11.8 Å². The second-order valence-corrected chi connectivity index (χ2v) is 6.40. The number of carbonyl (C=O) groups excluding carboxylic acids is 1. The highest BCUT2D eigenvalue weighted by atomic mass is 16.2. The lowest BCUT2D eigenvalue weighted by Gasteiger charge is -2.22. The molecule has 0 atom stereocenters. The molecule has 0 aliphatic carbocycles. The predicted molar refractivity (Wildman–Crippen MR) is 80.6 cm³/mol. The average Bonchev–Trinajstić information content (AvgIpc) is 2.74. The van der Waals surface area contributed by atoms with E-state index in [9.17, 15) is 4.79 Å². The molecule has 0 spiro atoms. The van der Waals surface area contributed by atoms with Gasteiger partial charge in [0.25, 0.3) is 0 Å². The Kier molecular flexibility index (Phi) is 4.13. The Balaban J connectivity index is 2.06. The van der Waals surface area contributed by atoms with Crippen LogP contribution in [-0.2, 0) is 4.79 Å². The molecular weight excluding hydrogens is 236 g/mol. The summed E-state index contributed by atoms with van der Waals surface area (Å²) in [7, 11) is 0. The van der Waals surface area contributed by atoms with E-state index >= 15 is 0 Å². The minimum Gasteiger partial charge on any atom is -0.383 e. The summed E-state index contributed by atoms with van der Waals surface area (Å²) in [5.74, 6) is 0.241. The van der Waals surface area contributed by atoms with Crippen molar-refractivity contribution >= 4 is 17.3 Å². The molecule has 0 unspecified atom stereocenters. The van der Waals surface area contributed by atoms with Crippen molar-refractivity contribution in [2.24, 2.45) is 5.41 Å². The molecule has 0 aromatic heterocycles. The average molecular weight is 260 g/mol. The lowest BCUT2D eigenvalue weighted by molar-refractivity contribution is -0.117. The Morgan fingerprint density at radius 1 is 1.26 bits per heavy atom. The van der Waals surface area contributed by atoms with Crippen LogP contribution >= 0.6 is 0 Å². The van der Waals surface area contributed by atoms with Crippen LogP contribution in [0.2, 0.25) is 0 Å². The Labute approximate surface area is 116 Å². The van der Waals surface area contributed by atoms with Crippen LogP contribution in [0.3, 0.4) is 0 Å². The molecule has 104 valence electrons. The summed E-state index contributed by atoms with van der Waals surface area (Å²) in [4.78, 5) is 13.8. The molecule has 0 saturated carbocycles. The van der Waals surface area contributed by atoms with Gasteiger partial charge in [0, 0.05) is 19.5 Å². The van der Waals surface area contributed by atoms with Gasteiger partial charge in [-0.05, 0) is 30.4 Å². The standard InChI is InChI=1S/C16H24N2O/c1-16(2,3)10-11-17-13-7-4-5-8-14(13)18-12-6-9-15(18)19/h4-5,7-8,17H,6,9-12H2,1-3H3. The topological polar surface area (TPSA) is 32.3 Å². The van der Waals surface area contributed by atoms with Gasteiger partial charge in [-0.15, -0.1) is 0 Å². The maximum atomic E-state index is 11.9. The number of nitrogens with one attached hydrogen (secondary N) is 1. The van der Waals surface area contributed by atoms with Crippen molar-refractivity contribution in [1.82, 2.24) is 0 Å². The number of rotatable bonds is 4. The summed E-state index contributed by atoms with van der Waals surface area (Å²) in [5, 5.41) is 3.47. The summed E-state index contributed by atoms with van der Waals surface area (Å²) in [6.07, 6.45) is 2.75. The van der Waals surface area contributed by atoms with E-state index in [-0.39, 0.29) is 5.91 Å². The minimum absolute atomic E-state index is 0.241. The number of hydrogen-bond acceptors (Lipinski definition) is 2. The first kappa shape index (κ1) is 13.9. The van der Waals surface area contributed by atoms with Gasteiger partial charge in [-0.2, -0.15) is 0 Å². The second kappa shape index (κ2) is 5.64. The molecule has 1 heterocycles. The van der Waals surface area contributed by atoms with Crippen molar-refractivity contribution in [1.29, 1.82) is 0 Å². The fourth-order valence-electron chi connectivity index (χ4n) is 2.33. The SMILES string of the molecule is CC(C)(C)CCNc1ccccc1N1CCCC1=O. The van der Waals surface area contributed by atoms with Gasteiger partial charge in [0.2, 0.25) is 5.91 Å². The van der Waals surface area contributed by atoms with E-state index in [1.807, 2.05) is 23.1 Å². The third-order valence-corrected chi connectivity index (χ3v) is 3.46. The zero-order chi connectivity index (χ0) is 13.9. The van der Waals surface area contributed by atoms with Gasteiger partial charge in [-0.25, -0.2) is 0 Å². The fourth-order valence-corrected chi connectivity index (χ4v) is 2.33. The third-order valence-electron chi connectivity index (χ3n) is 3.46. The largest absolute Gasteiger partial charge is 0.383 e. The maximum absolute atomic E-state index is 11.9. The fraction of sp³-hybridized carbons (Fsp3) is 0.562. The van der Waals surface area contributed by atoms with E-state index in [2.05, 4.69) is 32.2 Å². The number of anilines is 2. The highest BCUT2D eigenvalue weighted by Crippen LogP contribution is 2.29. The molecular formula is C16H24N2O. The van der Waals surface area contributed by atoms with Gasteiger partial charge < -0.3 is 10.2 Å². The number of amides is 1. The number of benzene rings is 1. The van der Waals surface area contributed by atoms with Crippen LogP contribution in [0.15, 0.2) is 24.3 Å². The monoisotopic (exact) mass is 260 g/mol. The van der Waals surface area contributed by atoms with Crippen LogP contribution < -0.4 is 10.2 Å². The first-order valence-electron chi connectivity index (χ1n) is 7.11. The molecule has 1 amide bonds. The lowest BCUT2D eigenvalue weighted by atomic mass is 9.92. The third kappa shape index (κ3) is 3.72. The summed E-state index contributed by atoms with van der Waals surface area (Å²) in [6, 6.07) is 8.10. The van der Waals surface area contributed by atoms with Crippen LogP contribution in [0.4, 0.5) is 11.4 Å². The Morgan fingerprint density at radius 2 is 2.00 bits per heavy atom. The first-order chi connectivity index (χ1) is 8.97. The van der Waals surface area contributed by atoms with Crippen LogP contribution in [0.25, 0.3) is 0 Å². The van der Waals surface area contributed by atoms with E-state index in [1.165, 1.54) is 0 Å². The molecule has 1 aliphatic heterocycles. The number of nitrogens with zero attached hydrogens (tertiary/aromatic N) is 1. The van der Waals surface area contributed by atoms with Gasteiger partial charge in [0.1, 0.15) is 0 Å². The van der Waals surface area contributed by atoms with E-state index in [1.54, 1.807) is 0 Å². The molecule has 1 saturated heterocycles. The maximum Gasteiger partial charge on any atom is 0.227 e. The van der Waals surface area contributed by atoms with Crippen molar-refractivity contribution in [3.63, 3.8) is 0 Å². The Hall–Kier alpha value is -1.51. The summed E-state index contributed by atoms with van der Waals surface area (Å²) < 4.78 is 0. The molecule has 19 heavy (non-hydrogen) atoms. The summed E-state index contributed by atoms with van der Waals surface area (Å²) in [6.45, 7) is 8.50. The molecule has 2 rings (SSSR count). The van der Waals surface area contributed by atoms with E-state index in [0.717, 1.165) is 37.3 Å². The molecule has 0 radical (unpaired) electrons. The van der Waals surface area contributed by atoms with Gasteiger partial charge in [0.05, 0.1) is 11.4 Å². The van der Waals surface area contributed by atoms with Crippen LogP contribution in [-0.4, -0.2) is 19.0 Å². The number of carbonyl (C=O) groups is 1. The Morgan fingerprint density at radius 3 is 2.63 bits per heavy atom. The highest BCUT2D eigenvalue weighted by Gasteiger charge is 2.23. The number of para-hydroxylation sites is 2. The van der Waals surface area contributed by atoms with Gasteiger partial charge in [-0.1, -0.05) is 32.9 Å². The van der Waals surface area contributed by atoms with Gasteiger partial charge in [-0.3, -0.25) is 4.79 Å². The van der Waals surface area contributed by atoms with Crippen molar-refractivity contribution < 1.29 is 4.79 Å². The first-order valence-corrected chi connectivity index (χ1v) is 7.11. The van der Waals surface area contributed by atoms with Gasteiger partial charge in [0.15, 0.2) is 0 Å². The van der Waals surface area contributed by atoms with Crippen LogP contribution in [0.1, 0.15) is 40.0 Å². The molecule has 1 aromatic carbocycles. The summed E-state index contributed by atoms with van der Waals surface area (Å²) >= 11 is 0. The van der Waals surface area contributed by atoms with E-state index < -0.39 is 0 Å². The highest BCUT2D eigenvalue weighted by molar-refractivity contribution is 5.98. The summed E-state index contributed by atoms with van der Waals surface area (Å²) in [5.41, 5.74) is 2.42. The van der Waals surface area contributed by atoms with Crippen molar-refractivity contribution in [2.45, 2.75) is 40.0 Å². The van der Waals surface area contributed by atoms with Crippen molar-refractivity contribution in [3.8, 4) is 0 Å². The smallest absolute Gasteiger partial charge is 0.227 e. The molecule has 3 heteroatoms. The quantitative estimate of drug-likeness (QED) is 0.896. The molecule has 1 aromatic rings. The van der Waals surface area contributed by atoms with Crippen LogP contribution in [0.5, 0.6) is 0 Å². The second-order valence-electron chi connectivity index (χ2n) is 6.40. The molecule has 1 fully saturated rings. The molecule has 1 N–H and O–H groups in total. The molecule has 3 nitrogen and oxygen atoms in total. The molecule has 1 aliphatic rings. The zero-order valence-electron chi connectivity index (χ0n) is 12.2. The van der Waals surface area contributed by atoms with Crippen LogP contribution in [0, 0.1) is 5.41 Å². The van der Waals surface area contributed by atoms with Crippen molar-refractivity contribution in [2.75, 3.05) is 23.3 Å². The Bertz CT molecular complexity index is 448. The normalized spacial score (nSPS) is 15.9. The minimum atomic E-state index is 0.241. The van der Waals surface area contributed by atoms with Crippen molar-refractivity contribution in [3.05, 3.63) is 24.3 Å². The lowest BCUT2D eigenvalue weighted by Crippen LogP contribution is -2.25.